The number of aromatic nitrogens is 3. The van der Waals surface area contributed by atoms with Gasteiger partial charge in [-0.25, -0.2) is 13.9 Å². The molecule has 2 aromatic carbocycles. The number of aryl methyl sites for hydroxylation is 1. The number of fused-ring (bicyclic) bond motifs is 1. The number of hydrogen-bond acceptors (Lipinski definition) is 5. The molecule has 0 saturated carbocycles. The Labute approximate surface area is 166 Å². The van der Waals surface area contributed by atoms with E-state index in [1.54, 1.807) is 23.5 Å². The van der Waals surface area contributed by atoms with Crippen LogP contribution in [-0.2, 0) is 0 Å². The molecule has 1 saturated heterocycles. The second-order valence-electron chi connectivity index (χ2n) is 7.06. The van der Waals surface area contributed by atoms with E-state index in [0.29, 0.717) is 0 Å². The molecule has 0 aliphatic carbocycles. The van der Waals surface area contributed by atoms with E-state index >= 15 is 0 Å². The van der Waals surface area contributed by atoms with Crippen molar-refractivity contribution < 1.29 is 4.39 Å². The van der Waals surface area contributed by atoms with Crippen molar-refractivity contribution in [2.75, 3.05) is 36.0 Å². The van der Waals surface area contributed by atoms with Gasteiger partial charge in [0.1, 0.15) is 5.82 Å². The Kier molecular flexibility index (Phi) is 4.24. The van der Waals surface area contributed by atoms with Crippen molar-refractivity contribution in [1.29, 1.82) is 0 Å². The average molecular weight is 393 g/mol. The highest BCUT2D eigenvalue weighted by molar-refractivity contribution is 7.20. The van der Waals surface area contributed by atoms with Crippen molar-refractivity contribution in [1.82, 2.24) is 14.6 Å². The molecule has 0 spiro atoms. The van der Waals surface area contributed by atoms with Crippen LogP contribution < -0.4 is 9.80 Å². The van der Waals surface area contributed by atoms with E-state index in [0.717, 1.165) is 47.5 Å². The van der Waals surface area contributed by atoms with Crippen LogP contribution in [0.5, 0.6) is 0 Å². The first kappa shape index (κ1) is 17.2. The molecule has 4 aromatic rings. The number of piperazine rings is 1. The molecule has 1 aliphatic heterocycles. The predicted molar refractivity (Wildman–Crippen MR) is 112 cm³/mol. The van der Waals surface area contributed by atoms with E-state index in [9.17, 15) is 4.39 Å². The summed E-state index contributed by atoms with van der Waals surface area (Å²) in [7, 11) is 0. The maximum atomic E-state index is 13.1. The Morgan fingerprint density at radius 3 is 2.43 bits per heavy atom. The van der Waals surface area contributed by atoms with E-state index in [1.807, 2.05) is 10.7 Å². The monoisotopic (exact) mass is 393 g/mol. The molecule has 0 bridgehead atoms. The van der Waals surface area contributed by atoms with E-state index in [2.05, 4.69) is 46.0 Å². The number of anilines is 2. The van der Waals surface area contributed by atoms with Crippen LogP contribution in [0.25, 0.3) is 16.2 Å². The molecule has 7 heteroatoms. The van der Waals surface area contributed by atoms with Crippen molar-refractivity contribution in [3.05, 3.63) is 66.1 Å². The quantitative estimate of drug-likeness (QED) is 0.522. The van der Waals surface area contributed by atoms with Gasteiger partial charge in [0, 0.05) is 37.4 Å². The van der Waals surface area contributed by atoms with Gasteiger partial charge in [-0.2, -0.15) is 0 Å². The van der Waals surface area contributed by atoms with Crippen LogP contribution in [-0.4, -0.2) is 40.8 Å². The highest BCUT2D eigenvalue weighted by Gasteiger charge is 2.21. The van der Waals surface area contributed by atoms with Crippen LogP contribution in [0.1, 0.15) is 5.56 Å². The van der Waals surface area contributed by atoms with Crippen molar-refractivity contribution in [3.63, 3.8) is 0 Å². The largest absolute Gasteiger partial charge is 0.368 e. The van der Waals surface area contributed by atoms with Gasteiger partial charge >= 0.3 is 0 Å². The van der Waals surface area contributed by atoms with Crippen LogP contribution in [0.3, 0.4) is 0 Å². The Hall–Kier alpha value is -2.93. The van der Waals surface area contributed by atoms with Gasteiger partial charge in [-0.05, 0) is 48.9 Å². The molecule has 28 heavy (non-hydrogen) atoms. The van der Waals surface area contributed by atoms with Crippen molar-refractivity contribution in [2.45, 2.75) is 6.92 Å². The Morgan fingerprint density at radius 2 is 1.71 bits per heavy atom. The second kappa shape index (κ2) is 6.91. The van der Waals surface area contributed by atoms with Gasteiger partial charge in [-0.3, -0.25) is 0 Å². The Bertz CT molecular complexity index is 1080. The molecule has 5 nitrogen and oxygen atoms in total. The fraction of sp³-hybridized carbons (Fsp3) is 0.238. The van der Waals surface area contributed by atoms with Gasteiger partial charge < -0.3 is 9.80 Å². The fourth-order valence-electron chi connectivity index (χ4n) is 3.56. The number of imidazole rings is 1. The summed E-state index contributed by atoms with van der Waals surface area (Å²) in [6, 6.07) is 15.1. The first-order chi connectivity index (χ1) is 13.7. The predicted octanol–water partition coefficient (Wildman–Crippen LogP) is 4.23. The average Bonchev–Trinajstić information content (AvgIpc) is 3.28. The van der Waals surface area contributed by atoms with Crippen molar-refractivity contribution in [3.8, 4) is 11.3 Å². The molecular weight excluding hydrogens is 373 g/mol. The minimum Gasteiger partial charge on any atom is -0.368 e. The smallest absolute Gasteiger partial charge is 0.214 e. The Morgan fingerprint density at radius 1 is 0.964 bits per heavy atom. The molecule has 1 aliphatic rings. The fourth-order valence-corrected chi connectivity index (χ4v) is 4.49. The lowest BCUT2D eigenvalue weighted by atomic mass is 10.2. The molecule has 0 unspecified atom stereocenters. The summed E-state index contributed by atoms with van der Waals surface area (Å²) in [5, 5.41) is 5.72. The topological polar surface area (TPSA) is 36.7 Å². The van der Waals surface area contributed by atoms with Gasteiger partial charge in [-0.1, -0.05) is 23.5 Å². The minimum absolute atomic E-state index is 0.241. The molecule has 0 radical (unpaired) electrons. The van der Waals surface area contributed by atoms with E-state index in [4.69, 9.17) is 5.10 Å². The summed E-state index contributed by atoms with van der Waals surface area (Å²) >= 11 is 1.60. The molecule has 2 aromatic heterocycles. The van der Waals surface area contributed by atoms with E-state index in [-0.39, 0.29) is 5.82 Å². The highest BCUT2D eigenvalue weighted by atomic mass is 32.1. The Balaban J connectivity index is 1.31. The first-order valence-electron chi connectivity index (χ1n) is 9.34. The number of rotatable bonds is 3. The minimum atomic E-state index is -0.241. The zero-order chi connectivity index (χ0) is 19.1. The molecule has 1 fully saturated rings. The van der Waals surface area contributed by atoms with Crippen LogP contribution in [0, 0.1) is 12.7 Å². The third kappa shape index (κ3) is 3.22. The van der Waals surface area contributed by atoms with Gasteiger partial charge in [0.05, 0.1) is 11.9 Å². The third-order valence-corrected chi connectivity index (χ3v) is 6.07. The number of hydrogen-bond donors (Lipinski definition) is 0. The van der Waals surface area contributed by atoms with Crippen LogP contribution in [0.4, 0.5) is 15.2 Å². The van der Waals surface area contributed by atoms with Gasteiger partial charge in [0.25, 0.3) is 0 Å². The van der Waals surface area contributed by atoms with Gasteiger partial charge in [0.2, 0.25) is 10.1 Å². The van der Waals surface area contributed by atoms with Crippen molar-refractivity contribution in [2.24, 2.45) is 0 Å². The summed E-state index contributed by atoms with van der Waals surface area (Å²) < 4.78 is 14.9. The number of nitrogens with zero attached hydrogens (tertiary/aromatic N) is 5. The standard InChI is InChI=1S/C21H20FN5S/c1-15-3-2-4-18(13-15)25-9-11-26(12-10-25)21-24-27-14-19(23-20(27)28-21)16-5-7-17(22)8-6-16/h2-8,13-14H,9-12H2,1H3. The maximum Gasteiger partial charge on any atom is 0.214 e. The van der Waals surface area contributed by atoms with Crippen LogP contribution >= 0.6 is 11.3 Å². The number of halogens is 1. The van der Waals surface area contributed by atoms with Crippen LogP contribution in [0.2, 0.25) is 0 Å². The SMILES string of the molecule is Cc1cccc(N2CCN(c3nn4cc(-c5ccc(F)cc5)nc4s3)CC2)c1. The summed E-state index contributed by atoms with van der Waals surface area (Å²) in [6.45, 7) is 5.97. The second-order valence-corrected chi connectivity index (χ2v) is 7.99. The lowest BCUT2D eigenvalue weighted by Crippen LogP contribution is -2.46. The normalized spacial score (nSPS) is 14.8. The summed E-state index contributed by atoms with van der Waals surface area (Å²) in [5.74, 6) is -0.241. The lowest BCUT2D eigenvalue weighted by molar-refractivity contribution is 0.628. The zero-order valence-electron chi connectivity index (χ0n) is 15.5. The van der Waals surface area contributed by atoms with Gasteiger partial charge in [0.15, 0.2) is 0 Å². The summed E-state index contributed by atoms with van der Waals surface area (Å²) in [6.07, 6.45) is 1.91. The number of benzene rings is 2. The highest BCUT2D eigenvalue weighted by Crippen LogP contribution is 2.28. The first-order valence-corrected chi connectivity index (χ1v) is 10.2. The van der Waals surface area contributed by atoms with Crippen LogP contribution in [0.15, 0.2) is 54.7 Å². The molecule has 0 amide bonds. The lowest BCUT2D eigenvalue weighted by Gasteiger charge is -2.35. The third-order valence-electron chi connectivity index (χ3n) is 5.09. The molecule has 0 N–H and O–H groups in total. The van der Waals surface area contributed by atoms with E-state index < -0.39 is 0 Å². The summed E-state index contributed by atoms with van der Waals surface area (Å²) in [5.41, 5.74) is 4.29. The summed E-state index contributed by atoms with van der Waals surface area (Å²) in [4.78, 5) is 10.3. The maximum absolute atomic E-state index is 13.1. The molecule has 5 rings (SSSR count). The van der Waals surface area contributed by atoms with E-state index in [1.165, 1.54) is 23.4 Å². The van der Waals surface area contributed by atoms with Crippen molar-refractivity contribution >= 4 is 27.1 Å². The molecule has 142 valence electrons. The molecule has 3 heterocycles. The van der Waals surface area contributed by atoms with Gasteiger partial charge in [-0.15, -0.1) is 5.10 Å². The molecule has 0 atom stereocenters. The zero-order valence-corrected chi connectivity index (χ0v) is 16.4. The molecular formula is C21H20FN5S.